The van der Waals surface area contributed by atoms with E-state index in [-0.39, 0.29) is 23.3 Å². The Morgan fingerprint density at radius 1 is 1.53 bits per heavy atom. The largest absolute Gasteiger partial charge is 0.497 e. The highest BCUT2D eigenvalue weighted by molar-refractivity contribution is 5.92. The van der Waals surface area contributed by atoms with Crippen LogP contribution in [-0.4, -0.2) is 24.8 Å². The third-order valence-corrected chi connectivity index (χ3v) is 2.23. The van der Waals surface area contributed by atoms with E-state index in [4.69, 9.17) is 14.7 Å². The summed E-state index contributed by atoms with van der Waals surface area (Å²) in [5, 5.41) is 18.1. The maximum absolute atomic E-state index is 11.7. The van der Waals surface area contributed by atoms with Gasteiger partial charge in [-0.25, -0.2) is 4.79 Å². The zero-order valence-corrected chi connectivity index (χ0v) is 9.69. The first kappa shape index (κ1) is 13.0. The Morgan fingerprint density at radius 3 is 2.71 bits per heavy atom. The second kappa shape index (κ2) is 5.87. The highest BCUT2D eigenvalue weighted by atomic mass is 16.5. The molecule has 0 atom stereocenters. The number of esters is 1. The minimum atomic E-state index is -0.577. The average Bonchev–Trinajstić information content (AvgIpc) is 2.37. The quantitative estimate of drug-likeness (QED) is 0.794. The number of hydrogen-bond acceptors (Lipinski definition) is 5. The molecule has 0 amide bonds. The number of aliphatic hydroxyl groups excluding tert-OH is 1. The molecule has 0 bridgehead atoms. The Balaban J connectivity index is 3.35. The van der Waals surface area contributed by atoms with Gasteiger partial charge in [-0.15, -0.1) is 0 Å². The lowest BCUT2D eigenvalue weighted by Gasteiger charge is -2.10. The topological polar surface area (TPSA) is 79.5 Å². The number of nitriles is 1. The summed E-state index contributed by atoms with van der Waals surface area (Å²) in [7, 11) is 1.43. The first-order valence-electron chi connectivity index (χ1n) is 5.06. The van der Waals surface area contributed by atoms with Gasteiger partial charge in [0.2, 0.25) is 0 Å². The van der Waals surface area contributed by atoms with Gasteiger partial charge in [0.15, 0.2) is 0 Å². The molecule has 0 unspecified atom stereocenters. The van der Waals surface area contributed by atoms with Crippen molar-refractivity contribution in [1.29, 1.82) is 5.26 Å². The van der Waals surface area contributed by atoms with Crippen LogP contribution < -0.4 is 4.74 Å². The van der Waals surface area contributed by atoms with E-state index in [2.05, 4.69) is 0 Å². The van der Waals surface area contributed by atoms with E-state index in [1.165, 1.54) is 19.2 Å². The summed E-state index contributed by atoms with van der Waals surface area (Å²) in [5.74, 6) is -0.200. The summed E-state index contributed by atoms with van der Waals surface area (Å²) in [6, 6.07) is 4.83. The summed E-state index contributed by atoms with van der Waals surface area (Å²) in [6.07, 6.45) is 0. The van der Waals surface area contributed by atoms with Crippen molar-refractivity contribution >= 4 is 5.97 Å². The van der Waals surface area contributed by atoms with E-state index in [0.717, 1.165) is 0 Å². The monoisotopic (exact) mass is 235 g/mol. The number of methoxy groups -OCH3 is 1. The van der Waals surface area contributed by atoms with Crippen molar-refractivity contribution in [2.75, 3.05) is 13.7 Å². The zero-order chi connectivity index (χ0) is 12.8. The van der Waals surface area contributed by atoms with Gasteiger partial charge in [-0.1, -0.05) is 0 Å². The van der Waals surface area contributed by atoms with E-state index in [0.29, 0.717) is 5.75 Å². The van der Waals surface area contributed by atoms with E-state index in [1.807, 2.05) is 6.07 Å². The molecule has 0 aliphatic rings. The molecular formula is C12H13NO4. The molecule has 5 nitrogen and oxygen atoms in total. The molecule has 1 aromatic rings. The molecule has 0 radical (unpaired) electrons. The second-order valence-electron chi connectivity index (χ2n) is 3.19. The number of benzene rings is 1. The van der Waals surface area contributed by atoms with Crippen LogP contribution in [0.4, 0.5) is 0 Å². The Bertz CT molecular complexity index is 462. The molecule has 17 heavy (non-hydrogen) atoms. The van der Waals surface area contributed by atoms with Gasteiger partial charge in [-0.2, -0.15) is 5.26 Å². The molecule has 0 aliphatic carbocycles. The molecule has 0 heterocycles. The van der Waals surface area contributed by atoms with Crippen LogP contribution in [0.5, 0.6) is 5.75 Å². The number of nitrogens with zero attached hydrogens (tertiary/aromatic N) is 1. The van der Waals surface area contributed by atoms with Crippen LogP contribution in [0.3, 0.4) is 0 Å². The van der Waals surface area contributed by atoms with Gasteiger partial charge >= 0.3 is 5.97 Å². The van der Waals surface area contributed by atoms with E-state index in [9.17, 15) is 9.90 Å². The van der Waals surface area contributed by atoms with Crippen LogP contribution in [0, 0.1) is 11.3 Å². The zero-order valence-electron chi connectivity index (χ0n) is 9.69. The maximum Gasteiger partial charge on any atom is 0.338 e. The summed E-state index contributed by atoms with van der Waals surface area (Å²) < 4.78 is 9.84. The summed E-state index contributed by atoms with van der Waals surface area (Å²) in [6.45, 7) is 1.51. The molecule has 0 saturated carbocycles. The highest BCUT2D eigenvalue weighted by Gasteiger charge is 2.17. The van der Waals surface area contributed by atoms with Crippen molar-refractivity contribution in [3.63, 3.8) is 0 Å². The number of carbonyl (C=O) groups excluding carboxylic acids is 1. The molecule has 0 aromatic heterocycles. The number of hydrogen-bond donors (Lipinski definition) is 1. The van der Waals surface area contributed by atoms with E-state index < -0.39 is 12.6 Å². The standard InChI is InChI=1S/C12H13NO4/c1-3-17-12(15)10-5-9(16-2)4-8(6-13)11(10)7-14/h4-5,14H,3,7H2,1-2H3. The molecule has 0 spiro atoms. The molecule has 90 valence electrons. The van der Waals surface area contributed by atoms with Crippen molar-refractivity contribution in [2.24, 2.45) is 0 Å². The van der Waals surface area contributed by atoms with Crippen molar-refractivity contribution in [3.05, 3.63) is 28.8 Å². The fourth-order valence-electron chi connectivity index (χ4n) is 1.42. The lowest BCUT2D eigenvalue weighted by molar-refractivity contribution is 0.0522. The second-order valence-corrected chi connectivity index (χ2v) is 3.19. The number of rotatable bonds is 4. The molecule has 0 saturated heterocycles. The number of carbonyl (C=O) groups is 1. The Morgan fingerprint density at radius 2 is 2.24 bits per heavy atom. The van der Waals surface area contributed by atoms with Crippen molar-refractivity contribution in [2.45, 2.75) is 13.5 Å². The van der Waals surface area contributed by atoms with Gasteiger partial charge in [0.05, 0.1) is 37.5 Å². The van der Waals surface area contributed by atoms with Crippen LogP contribution in [0.2, 0.25) is 0 Å². The highest BCUT2D eigenvalue weighted by Crippen LogP contribution is 2.23. The molecule has 0 fully saturated rings. The van der Waals surface area contributed by atoms with Gasteiger partial charge in [0, 0.05) is 5.56 Å². The molecule has 0 aliphatic heterocycles. The third-order valence-electron chi connectivity index (χ3n) is 2.23. The normalized spacial score (nSPS) is 9.53. The summed E-state index contributed by atoms with van der Waals surface area (Å²) in [4.78, 5) is 11.7. The van der Waals surface area contributed by atoms with Gasteiger partial charge < -0.3 is 14.6 Å². The van der Waals surface area contributed by atoms with Crippen molar-refractivity contribution in [1.82, 2.24) is 0 Å². The Kier molecular flexibility index (Phi) is 4.49. The molecule has 1 N–H and O–H groups in total. The first-order chi connectivity index (χ1) is 8.17. The predicted octanol–water partition coefficient (Wildman–Crippen LogP) is 1.24. The van der Waals surface area contributed by atoms with Gasteiger partial charge in [0.25, 0.3) is 0 Å². The fraction of sp³-hybridized carbons (Fsp3) is 0.333. The predicted molar refractivity (Wildman–Crippen MR) is 59.6 cm³/mol. The maximum atomic E-state index is 11.7. The third kappa shape index (κ3) is 2.74. The van der Waals surface area contributed by atoms with Crippen LogP contribution in [0.25, 0.3) is 0 Å². The number of ether oxygens (including phenoxy) is 2. The van der Waals surface area contributed by atoms with Crippen LogP contribution in [-0.2, 0) is 11.3 Å². The Hall–Kier alpha value is -2.06. The molecule has 5 heteroatoms. The van der Waals surface area contributed by atoms with Gasteiger partial charge in [-0.3, -0.25) is 0 Å². The van der Waals surface area contributed by atoms with Crippen LogP contribution in [0.15, 0.2) is 12.1 Å². The van der Waals surface area contributed by atoms with E-state index in [1.54, 1.807) is 6.92 Å². The van der Waals surface area contributed by atoms with Gasteiger partial charge in [0.1, 0.15) is 5.75 Å². The minimum absolute atomic E-state index is 0.158. The number of aliphatic hydroxyl groups is 1. The fourth-order valence-corrected chi connectivity index (χ4v) is 1.42. The minimum Gasteiger partial charge on any atom is -0.497 e. The summed E-state index contributed by atoms with van der Waals surface area (Å²) >= 11 is 0. The van der Waals surface area contributed by atoms with Crippen molar-refractivity contribution in [3.8, 4) is 11.8 Å². The average molecular weight is 235 g/mol. The summed E-state index contributed by atoms with van der Waals surface area (Å²) in [5.41, 5.74) is 0.618. The van der Waals surface area contributed by atoms with E-state index >= 15 is 0 Å². The van der Waals surface area contributed by atoms with Gasteiger partial charge in [-0.05, 0) is 19.1 Å². The molecular weight excluding hydrogens is 222 g/mol. The SMILES string of the molecule is CCOC(=O)c1cc(OC)cc(C#N)c1CO. The Labute approximate surface area is 99.2 Å². The lowest BCUT2D eigenvalue weighted by Crippen LogP contribution is -2.10. The van der Waals surface area contributed by atoms with Crippen LogP contribution >= 0.6 is 0 Å². The molecule has 1 aromatic carbocycles. The van der Waals surface area contributed by atoms with Crippen molar-refractivity contribution < 1.29 is 19.4 Å². The first-order valence-corrected chi connectivity index (χ1v) is 5.06. The molecule has 1 rings (SSSR count). The van der Waals surface area contributed by atoms with Crippen LogP contribution in [0.1, 0.15) is 28.4 Å². The lowest BCUT2D eigenvalue weighted by atomic mass is 10.0. The smallest absolute Gasteiger partial charge is 0.338 e.